The van der Waals surface area contributed by atoms with Gasteiger partial charge in [-0.15, -0.1) is 24.8 Å². The Morgan fingerprint density at radius 3 is 2.51 bits per heavy atom. The fourth-order valence-electron chi connectivity index (χ4n) is 4.31. The van der Waals surface area contributed by atoms with E-state index in [0.29, 0.717) is 25.5 Å². The van der Waals surface area contributed by atoms with Crippen LogP contribution in [0.2, 0.25) is 0 Å². The Balaban J connectivity index is 0.00000171. The third kappa shape index (κ3) is 6.28. The molecule has 184 valence electrons. The van der Waals surface area contributed by atoms with Gasteiger partial charge in [0.1, 0.15) is 5.82 Å². The van der Waals surface area contributed by atoms with Crippen LogP contribution < -0.4 is 5.32 Å². The van der Waals surface area contributed by atoms with Gasteiger partial charge in [-0.3, -0.25) is 15.2 Å². The van der Waals surface area contributed by atoms with Gasteiger partial charge in [0, 0.05) is 68.8 Å². The molecule has 3 heterocycles. The molecule has 2 aromatic heterocycles. The number of rotatable bonds is 5. The van der Waals surface area contributed by atoms with E-state index in [2.05, 4.69) is 43.1 Å². The lowest BCUT2D eigenvalue weighted by Crippen LogP contribution is -2.49. The smallest absolute Gasteiger partial charge is 0.323 e. The van der Waals surface area contributed by atoms with E-state index >= 15 is 0 Å². The highest BCUT2D eigenvalue weighted by Gasteiger charge is 2.22. The number of fused-ring (bicyclic) bond motifs is 1. The minimum absolute atomic E-state index is 0. The van der Waals surface area contributed by atoms with Crippen LogP contribution in [0.15, 0.2) is 73.3 Å². The average Bonchev–Trinajstić information content (AvgIpc) is 3.17. The zero-order chi connectivity index (χ0) is 22.6. The molecule has 1 fully saturated rings. The Hall–Kier alpha value is -3.20. The van der Waals surface area contributed by atoms with Gasteiger partial charge in [-0.05, 0) is 29.3 Å². The summed E-state index contributed by atoms with van der Waals surface area (Å²) in [6.07, 6.45) is 6.83. The maximum atomic E-state index is 13.7. The van der Waals surface area contributed by atoms with Gasteiger partial charge < -0.3 is 9.47 Å². The molecule has 1 aliphatic heterocycles. The van der Waals surface area contributed by atoms with Gasteiger partial charge in [0.05, 0.1) is 6.20 Å². The number of aromatic nitrogens is 3. The normalized spacial score (nSPS) is 13.7. The summed E-state index contributed by atoms with van der Waals surface area (Å²) in [5.74, 6) is 0.237. The van der Waals surface area contributed by atoms with Crippen molar-refractivity contribution >= 4 is 47.6 Å². The molecule has 10 heteroatoms. The topological polar surface area (TPSA) is 66.3 Å². The quantitative estimate of drug-likeness (QED) is 0.413. The van der Waals surface area contributed by atoms with Crippen LogP contribution in [0.4, 0.5) is 15.0 Å². The number of carbonyl (C=O) groups is 1. The number of nitrogens with one attached hydrogen (secondary N) is 1. The first-order chi connectivity index (χ1) is 16.2. The maximum absolute atomic E-state index is 13.7. The van der Waals surface area contributed by atoms with Crippen LogP contribution in [-0.2, 0) is 13.1 Å². The van der Waals surface area contributed by atoms with Crippen LogP contribution in [0.3, 0.4) is 0 Å². The first kappa shape index (κ1) is 26.4. The minimum Gasteiger partial charge on any atom is -0.343 e. The molecule has 0 spiro atoms. The Kier molecular flexibility index (Phi) is 9.03. The molecule has 7 nitrogen and oxygen atoms in total. The summed E-state index contributed by atoms with van der Waals surface area (Å²) in [7, 11) is 0. The van der Waals surface area contributed by atoms with Crippen molar-refractivity contribution in [1.82, 2.24) is 24.3 Å². The van der Waals surface area contributed by atoms with Gasteiger partial charge in [0.25, 0.3) is 0 Å². The van der Waals surface area contributed by atoms with E-state index in [1.165, 1.54) is 23.2 Å². The second-order valence-electron chi connectivity index (χ2n) is 8.21. The summed E-state index contributed by atoms with van der Waals surface area (Å²) in [6.45, 7) is 4.29. The fourth-order valence-corrected chi connectivity index (χ4v) is 4.31. The molecule has 1 N–H and O–H groups in total. The van der Waals surface area contributed by atoms with Gasteiger partial charge in [0.2, 0.25) is 0 Å². The molecule has 4 aromatic rings. The zero-order valence-electron chi connectivity index (χ0n) is 19.0. The second kappa shape index (κ2) is 12.0. The van der Waals surface area contributed by atoms with E-state index in [-0.39, 0.29) is 36.7 Å². The monoisotopic (exact) mass is 516 g/mol. The van der Waals surface area contributed by atoms with Gasteiger partial charge >= 0.3 is 6.03 Å². The Bertz CT molecular complexity index is 1260. The van der Waals surface area contributed by atoms with Crippen molar-refractivity contribution in [2.75, 3.05) is 31.5 Å². The van der Waals surface area contributed by atoms with Crippen LogP contribution >= 0.6 is 24.8 Å². The molecule has 0 atom stereocenters. The maximum Gasteiger partial charge on any atom is 0.323 e. The van der Waals surface area contributed by atoms with Crippen LogP contribution in [-0.4, -0.2) is 56.5 Å². The molecule has 35 heavy (non-hydrogen) atoms. The first-order valence-electron chi connectivity index (χ1n) is 11.0. The zero-order valence-corrected chi connectivity index (χ0v) is 20.6. The summed E-state index contributed by atoms with van der Waals surface area (Å²) in [5.41, 5.74) is 3.31. The second-order valence-corrected chi connectivity index (χ2v) is 8.21. The van der Waals surface area contributed by atoms with Crippen molar-refractivity contribution in [3.8, 4) is 0 Å². The molecule has 0 bridgehead atoms. The Morgan fingerprint density at radius 2 is 1.77 bits per heavy atom. The van der Waals surface area contributed by atoms with Crippen LogP contribution in [0, 0.1) is 5.82 Å². The summed E-state index contributed by atoms with van der Waals surface area (Å²) in [4.78, 5) is 24.7. The number of carbonyl (C=O) groups excluding carboxylic acids is 1. The molecule has 2 amide bonds. The van der Waals surface area contributed by atoms with Crippen LogP contribution in [0.25, 0.3) is 10.9 Å². The summed E-state index contributed by atoms with van der Waals surface area (Å²) in [6, 6.07) is 14.9. The molecule has 1 saturated heterocycles. The lowest BCUT2D eigenvalue weighted by Gasteiger charge is -2.34. The third-order valence-corrected chi connectivity index (χ3v) is 5.96. The number of benzene rings is 2. The third-order valence-electron chi connectivity index (χ3n) is 5.96. The highest BCUT2D eigenvalue weighted by Crippen LogP contribution is 2.24. The van der Waals surface area contributed by atoms with E-state index in [4.69, 9.17) is 0 Å². The lowest BCUT2D eigenvalue weighted by atomic mass is 10.1. The average molecular weight is 517 g/mol. The highest BCUT2D eigenvalue weighted by atomic mass is 35.5. The number of piperazine rings is 1. The fraction of sp³-hybridized carbons (Fsp3) is 0.240. The van der Waals surface area contributed by atoms with Crippen molar-refractivity contribution in [3.63, 3.8) is 0 Å². The van der Waals surface area contributed by atoms with E-state index in [9.17, 15) is 9.18 Å². The van der Waals surface area contributed by atoms with Gasteiger partial charge in [-0.2, -0.15) is 0 Å². The molecule has 0 saturated carbocycles. The molecular weight excluding hydrogens is 490 g/mol. The largest absolute Gasteiger partial charge is 0.343 e. The Labute approximate surface area is 215 Å². The lowest BCUT2D eigenvalue weighted by molar-refractivity contribution is 0.143. The predicted molar refractivity (Wildman–Crippen MR) is 140 cm³/mol. The Morgan fingerprint density at radius 1 is 0.971 bits per heavy atom. The molecule has 0 aliphatic carbocycles. The highest BCUT2D eigenvalue weighted by molar-refractivity contribution is 5.88. The van der Waals surface area contributed by atoms with Crippen molar-refractivity contribution < 1.29 is 9.18 Å². The molecule has 0 radical (unpaired) electrons. The van der Waals surface area contributed by atoms with Gasteiger partial charge in [-0.25, -0.2) is 14.2 Å². The number of hydrogen-bond donors (Lipinski definition) is 1. The summed E-state index contributed by atoms with van der Waals surface area (Å²) < 4.78 is 15.8. The molecule has 0 unspecified atom stereocenters. The number of amides is 2. The van der Waals surface area contributed by atoms with E-state index < -0.39 is 0 Å². The molecule has 2 aromatic carbocycles. The van der Waals surface area contributed by atoms with E-state index in [1.807, 2.05) is 18.2 Å². The summed E-state index contributed by atoms with van der Waals surface area (Å²) in [5, 5.41) is 4.00. The van der Waals surface area contributed by atoms with E-state index in [1.54, 1.807) is 29.4 Å². The predicted octanol–water partition coefficient (Wildman–Crippen LogP) is 4.81. The first-order valence-corrected chi connectivity index (χ1v) is 11.0. The van der Waals surface area contributed by atoms with Crippen LogP contribution in [0.1, 0.15) is 11.1 Å². The molecule has 5 rings (SSSR count). The molecule has 1 aliphatic rings. The number of urea groups is 1. The number of para-hydroxylation sites is 1. The number of anilines is 1. The van der Waals surface area contributed by atoms with Crippen molar-refractivity contribution in [2.24, 2.45) is 0 Å². The molecular formula is C25H27Cl2FN6O. The SMILES string of the molecule is Cl.Cl.O=C(Nc1cnccn1)N1CCN(Cc2cn(Cc3cccc(F)c3)c3ccccc23)CC1. The van der Waals surface area contributed by atoms with Gasteiger partial charge in [0.15, 0.2) is 5.82 Å². The number of hydrogen-bond acceptors (Lipinski definition) is 4. The summed E-state index contributed by atoms with van der Waals surface area (Å²) >= 11 is 0. The van der Waals surface area contributed by atoms with E-state index in [0.717, 1.165) is 30.7 Å². The van der Waals surface area contributed by atoms with Crippen molar-refractivity contribution in [3.05, 3.63) is 90.3 Å². The number of halogens is 3. The standard InChI is InChI=1S/C25H25FN6O.2ClH/c26-21-5-3-4-19(14-21)16-32-18-20(22-6-1-2-7-23(22)32)17-30-10-12-31(13-11-30)25(33)29-24-15-27-8-9-28-24;;/h1-9,14-15,18H,10-13,16-17H2,(H,28,29,33);2*1H. The van der Waals surface area contributed by atoms with Crippen LogP contribution in [0.5, 0.6) is 0 Å². The van der Waals surface area contributed by atoms with Crippen molar-refractivity contribution in [2.45, 2.75) is 13.1 Å². The number of nitrogens with zero attached hydrogens (tertiary/aromatic N) is 5. The van der Waals surface area contributed by atoms with Crippen molar-refractivity contribution in [1.29, 1.82) is 0 Å². The minimum atomic E-state index is -0.217. The van der Waals surface area contributed by atoms with Gasteiger partial charge in [-0.1, -0.05) is 30.3 Å².